The van der Waals surface area contributed by atoms with E-state index in [4.69, 9.17) is 0 Å². The number of benzene rings is 2. The summed E-state index contributed by atoms with van der Waals surface area (Å²) >= 11 is 0. The number of amides is 2. The lowest BCUT2D eigenvalue weighted by Gasteiger charge is -2.05. The second kappa shape index (κ2) is 8.49. The number of nitrogens with zero attached hydrogens (tertiary/aromatic N) is 3. The van der Waals surface area contributed by atoms with Crippen LogP contribution in [0.5, 0.6) is 0 Å². The fourth-order valence-corrected chi connectivity index (χ4v) is 2.20. The van der Waals surface area contributed by atoms with Crippen LogP contribution in [-0.2, 0) is 4.79 Å². The number of hydrogen-bond donors (Lipinski definition) is 2. The number of nitrogens with one attached hydrogen (secondary N) is 2. The molecule has 0 saturated carbocycles. The molecule has 0 aliphatic carbocycles. The second-order valence-corrected chi connectivity index (χ2v) is 5.65. The van der Waals surface area contributed by atoms with E-state index in [0.717, 1.165) is 18.2 Å². The zero-order valence-corrected chi connectivity index (χ0v) is 14.8. The number of hydrazone groups is 1. The van der Waals surface area contributed by atoms with Crippen LogP contribution in [0, 0.1) is 20.2 Å². The molecule has 28 heavy (non-hydrogen) atoms. The summed E-state index contributed by atoms with van der Waals surface area (Å²) in [5.74, 6) is -1.04. The highest BCUT2D eigenvalue weighted by Gasteiger charge is 2.19. The molecule has 0 bridgehead atoms. The monoisotopic (exact) mass is 385 g/mol. The van der Waals surface area contributed by atoms with Crippen LogP contribution in [0.1, 0.15) is 29.8 Å². The Kier molecular flexibility index (Phi) is 6.11. The molecule has 0 aliphatic rings. The van der Waals surface area contributed by atoms with Gasteiger partial charge in [0.25, 0.3) is 17.3 Å². The molecule has 2 rings (SSSR count). The predicted molar refractivity (Wildman–Crippen MR) is 100 cm³/mol. The average Bonchev–Trinajstić information content (AvgIpc) is 2.65. The summed E-state index contributed by atoms with van der Waals surface area (Å²) < 4.78 is 0. The van der Waals surface area contributed by atoms with Gasteiger partial charge in [0, 0.05) is 24.7 Å². The van der Waals surface area contributed by atoms with E-state index in [2.05, 4.69) is 15.8 Å². The van der Waals surface area contributed by atoms with Crippen LogP contribution in [-0.4, -0.2) is 27.4 Å². The number of anilines is 1. The molecule has 144 valence electrons. The standard InChI is InChI=1S/C17H15N5O6/c1-10(12-3-5-14(6-4-12)18-11(2)23)19-20-17(24)13-7-15(21(25)26)9-16(8-13)22(27)28/h3-9H,1-2H3,(H,18,23)(H,20,24)/b19-10-. The molecule has 2 N–H and O–H groups in total. The number of carbonyl (C=O) groups is 2. The van der Waals surface area contributed by atoms with Crippen molar-refractivity contribution in [3.8, 4) is 0 Å². The summed E-state index contributed by atoms with van der Waals surface area (Å²) in [7, 11) is 0. The first kappa shape index (κ1) is 20.2. The number of hydrogen-bond acceptors (Lipinski definition) is 7. The van der Waals surface area contributed by atoms with Gasteiger partial charge >= 0.3 is 0 Å². The Morgan fingerprint density at radius 2 is 1.43 bits per heavy atom. The van der Waals surface area contributed by atoms with Crippen molar-refractivity contribution >= 4 is 34.6 Å². The van der Waals surface area contributed by atoms with Crippen molar-refractivity contribution in [3.05, 3.63) is 73.8 Å². The highest BCUT2D eigenvalue weighted by molar-refractivity contribution is 6.01. The van der Waals surface area contributed by atoms with Crippen molar-refractivity contribution in [1.82, 2.24) is 5.43 Å². The third-order valence-electron chi connectivity index (χ3n) is 3.53. The van der Waals surface area contributed by atoms with Gasteiger partial charge in [0.15, 0.2) is 0 Å². The molecule has 0 atom stereocenters. The van der Waals surface area contributed by atoms with Crippen molar-refractivity contribution in [2.24, 2.45) is 5.10 Å². The van der Waals surface area contributed by atoms with E-state index in [9.17, 15) is 29.8 Å². The molecule has 0 radical (unpaired) electrons. The maximum Gasteiger partial charge on any atom is 0.277 e. The Morgan fingerprint density at radius 1 is 0.893 bits per heavy atom. The van der Waals surface area contributed by atoms with E-state index in [-0.39, 0.29) is 11.5 Å². The van der Waals surface area contributed by atoms with Crippen molar-refractivity contribution in [2.45, 2.75) is 13.8 Å². The van der Waals surface area contributed by atoms with Crippen LogP contribution in [0.3, 0.4) is 0 Å². The van der Waals surface area contributed by atoms with Gasteiger partial charge in [-0.1, -0.05) is 12.1 Å². The van der Waals surface area contributed by atoms with Gasteiger partial charge in [-0.15, -0.1) is 0 Å². The zero-order valence-electron chi connectivity index (χ0n) is 14.8. The van der Waals surface area contributed by atoms with Crippen LogP contribution in [0.4, 0.5) is 17.1 Å². The molecule has 0 unspecified atom stereocenters. The van der Waals surface area contributed by atoms with Gasteiger partial charge in [0.1, 0.15) is 0 Å². The van der Waals surface area contributed by atoms with Gasteiger partial charge in [0.2, 0.25) is 5.91 Å². The molecule has 0 aliphatic heterocycles. The summed E-state index contributed by atoms with van der Waals surface area (Å²) in [5, 5.41) is 28.3. The maximum atomic E-state index is 12.2. The van der Waals surface area contributed by atoms with E-state index in [1.807, 2.05) is 0 Å². The lowest BCUT2D eigenvalue weighted by atomic mass is 10.1. The van der Waals surface area contributed by atoms with Gasteiger partial charge in [-0.3, -0.25) is 29.8 Å². The minimum Gasteiger partial charge on any atom is -0.326 e. The minimum absolute atomic E-state index is 0.212. The molecule has 2 aromatic rings. The quantitative estimate of drug-likeness (QED) is 0.442. The van der Waals surface area contributed by atoms with Crippen molar-refractivity contribution < 1.29 is 19.4 Å². The smallest absolute Gasteiger partial charge is 0.277 e. The van der Waals surface area contributed by atoms with Gasteiger partial charge < -0.3 is 5.32 Å². The number of nitro benzene ring substituents is 2. The molecule has 2 amide bonds. The van der Waals surface area contributed by atoms with Crippen LogP contribution in [0.2, 0.25) is 0 Å². The Labute approximate surface area is 158 Å². The second-order valence-electron chi connectivity index (χ2n) is 5.65. The zero-order chi connectivity index (χ0) is 20.8. The van der Waals surface area contributed by atoms with Crippen LogP contribution >= 0.6 is 0 Å². The summed E-state index contributed by atoms with van der Waals surface area (Å²) in [6, 6.07) is 9.28. The number of carbonyl (C=O) groups excluding carboxylic acids is 2. The fraction of sp³-hybridized carbons (Fsp3) is 0.118. The van der Waals surface area contributed by atoms with Crippen LogP contribution < -0.4 is 10.7 Å². The average molecular weight is 385 g/mol. The summed E-state index contributed by atoms with van der Waals surface area (Å²) in [6.07, 6.45) is 0. The van der Waals surface area contributed by atoms with E-state index < -0.39 is 27.1 Å². The largest absolute Gasteiger partial charge is 0.326 e. The third-order valence-corrected chi connectivity index (χ3v) is 3.53. The lowest BCUT2D eigenvalue weighted by molar-refractivity contribution is -0.394. The SMILES string of the molecule is CC(=O)Nc1ccc(/C(C)=N\NC(=O)c2cc([N+](=O)[O-])cc([N+](=O)[O-])c2)cc1. The van der Waals surface area contributed by atoms with Crippen molar-refractivity contribution in [3.63, 3.8) is 0 Å². The van der Waals surface area contributed by atoms with Gasteiger partial charge in [-0.05, 0) is 24.6 Å². The molecule has 0 aromatic heterocycles. The van der Waals surface area contributed by atoms with Gasteiger partial charge in [0.05, 0.1) is 27.2 Å². The Bertz CT molecular complexity index is 952. The van der Waals surface area contributed by atoms with E-state index in [1.165, 1.54) is 6.92 Å². The maximum absolute atomic E-state index is 12.2. The van der Waals surface area contributed by atoms with Crippen LogP contribution in [0.15, 0.2) is 47.6 Å². The highest BCUT2D eigenvalue weighted by atomic mass is 16.6. The third kappa shape index (κ3) is 5.17. The Hall–Kier alpha value is -4.15. The molecule has 2 aromatic carbocycles. The molecule has 0 saturated heterocycles. The van der Waals surface area contributed by atoms with Crippen molar-refractivity contribution in [1.29, 1.82) is 0 Å². The van der Waals surface area contributed by atoms with E-state index in [1.54, 1.807) is 31.2 Å². The molecule has 0 spiro atoms. The molecule has 0 fully saturated rings. The van der Waals surface area contributed by atoms with Crippen molar-refractivity contribution in [2.75, 3.05) is 5.32 Å². The predicted octanol–water partition coefficient (Wildman–Crippen LogP) is 2.62. The highest BCUT2D eigenvalue weighted by Crippen LogP contribution is 2.22. The van der Waals surface area contributed by atoms with Gasteiger partial charge in [-0.25, -0.2) is 5.43 Å². The fourth-order valence-electron chi connectivity index (χ4n) is 2.20. The summed E-state index contributed by atoms with van der Waals surface area (Å²) in [5.41, 5.74) is 2.46. The summed E-state index contributed by atoms with van der Waals surface area (Å²) in [4.78, 5) is 43.3. The first-order valence-corrected chi connectivity index (χ1v) is 7.84. The van der Waals surface area contributed by atoms with E-state index >= 15 is 0 Å². The topological polar surface area (TPSA) is 157 Å². The van der Waals surface area contributed by atoms with E-state index in [0.29, 0.717) is 17.0 Å². The number of non-ortho nitro benzene ring substituents is 2. The van der Waals surface area contributed by atoms with Gasteiger partial charge in [-0.2, -0.15) is 5.10 Å². The number of nitro groups is 2. The molecular weight excluding hydrogens is 370 g/mol. The first-order valence-electron chi connectivity index (χ1n) is 7.84. The van der Waals surface area contributed by atoms with Crippen LogP contribution in [0.25, 0.3) is 0 Å². The minimum atomic E-state index is -0.832. The Morgan fingerprint density at radius 3 is 1.89 bits per heavy atom. The summed E-state index contributed by atoms with van der Waals surface area (Å²) in [6.45, 7) is 3.00. The normalized spacial score (nSPS) is 10.9. The molecule has 0 heterocycles. The number of rotatable bonds is 6. The Balaban J connectivity index is 2.19. The molecular formula is C17H15N5O6. The molecule has 11 nitrogen and oxygen atoms in total. The molecule has 11 heteroatoms. The lowest BCUT2D eigenvalue weighted by Crippen LogP contribution is -2.19. The first-order chi connectivity index (χ1) is 13.2.